The summed E-state index contributed by atoms with van der Waals surface area (Å²) in [4.78, 5) is 0. The molecule has 1 spiro atoms. The van der Waals surface area contributed by atoms with Gasteiger partial charge in [0.15, 0.2) is 5.79 Å². The quantitative estimate of drug-likeness (QED) is 0.597. The van der Waals surface area contributed by atoms with E-state index >= 15 is 0 Å². The van der Waals surface area contributed by atoms with E-state index in [0.29, 0.717) is 25.6 Å². The molecule has 3 aliphatic rings. The molecular formula is C19H19NO3. The molecule has 5 rings (SSSR count). The molecule has 4 heteroatoms. The maximum atomic E-state index is 9.65. The van der Waals surface area contributed by atoms with E-state index in [0.717, 1.165) is 24.1 Å². The van der Waals surface area contributed by atoms with Gasteiger partial charge < -0.3 is 14.7 Å². The normalized spacial score (nSPS) is 30.0. The lowest BCUT2D eigenvalue weighted by Crippen LogP contribution is -2.39. The lowest BCUT2D eigenvalue weighted by atomic mass is 9.73. The van der Waals surface area contributed by atoms with E-state index in [-0.39, 0.29) is 5.92 Å². The van der Waals surface area contributed by atoms with Crippen molar-refractivity contribution in [3.05, 3.63) is 47.5 Å². The number of nitrogens with zero attached hydrogens (tertiary/aromatic N) is 1. The van der Waals surface area contributed by atoms with E-state index in [1.165, 1.54) is 16.3 Å². The first kappa shape index (κ1) is 13.5. The molecule has 1 saturated carbocycles. The molecule has 1 saturated heterocycles. The molecule has 2 aromatic rings. The minimum Gasteiger partial charge on any atom is -0.411 e. The molecule has 2 fully saturated rings. The molecule has 118 valence electrons. The summed E-state index contributed by atoms with van der Waals surface area (Å²) in [6.45, 7) is 1.33. The zero-order valence-corrected chi connectivity index (χ0v) is 12.9. The fourth-order valence-corrected chi connectivity index (χ4v) is 4.87. The third-order valence-electron chi connectivity index (χ3n) is 5.81. The van der Waals surface area contributed by atoms with E-state index in [1.807, 2.05) is 12.1 Å². The molecule has 4 nitrogen and oxygen atoms in total. The Balaban J connectivity index is 1.72. The van der Waals surface area contributed by atoms with Gasteiger partial charge in [0, 0.05) is 24.3 Å². The summed E-state index contributed by atoms with van der Waals surface area (Å²) < 4.78 is 12.0. The maximum Gasteiger partial charge on any atom is 0.172 e. The van der Waals surface area contributed by atoms with Gasteiger partial charge in [-0.2, -0.15) is 0 Å². The monoisotopic (exact) mass is 309 g/mol. The Hall–Kier alpha value is -1.91. The van der Waals surface area contributed by atoms with Crippen molar-refractivity contribution in [3.63, 3.8) is 0 Å². The minimum absolute atomic E-state index is 0.240. The zero-order valence-electron chi connectivity index (χ0n) is 12.9. The number of hydrogen-bond donors (Lipinski definition) is 1. The molecule has 2 unspecified atom stereocenters. The van der Waals surface area contributed by atoms with Gasteiger partial charge in [-0.1, -0.05) is 41.6 Å². The fourth-order valence-electron chi connectivity index (χ4n) is 4.87. The molecule has 23 heavy (non-hydrogen) atoms. The van der Waals surface area contributed by atoms with Crippen LogP contribution in [0.3, 0.4) is 0 Å². The van der Waals surface area contributed by atoms with Crippen molar-refractivity contribution in [2.75, 3.05) is 13.2 Å². The number of fused-ring (bicyclic) bond motifs is 6. The summed E-state index contributed by atoms with van der Waals surface area (Å²) in [6.07, 6.45) is 2.70. The van der Waals surface area contributed by atoms with E-state index in [9.17, 15) is 5.21 Å². The van der Waals surface area contributed by atoms with Crippen molar-refractivity contribution in [3.8, 4) is 0 Å². The van der Waals surface area contributed by atoms with E-state index < -0.39 is 5.79 Å². The van der Waals surface area contributed by atoms with Crippen LogP contribution in [0.1, 0.15) is 36.3 Å². The van der Waals surface area contributed by atoms with Crippen molar-refractivity contribution >= 4 is 16.5 Å². The lowest BCUT2D eigenvalue weighted by Gasteiger charge is -2.36. The third kappa shape index (κ3) is 1.76. The van der Waals surface area contributed by atoms with Crippen LogP contribution in [0, 0.1) is 5.92 Å². The van der Waals surface area contributed by atoms with Crippen LogP contribution in [0.15, 0.2) is 41.6 Å². The second-order valence-corrected chi connectivity index (χ2v) is 6.76. The standard InChI is InChI=1S/C19H19NO3/c21-20-17-11-16-14(7-8-19(16)22-9-10-23-19)15-6-5-12-3-1-2-4-13(12)18(15)17/h1-6,14,16,21H,7-11H2/b20-17+. The molecule has 2 atom stereocenters. The van der Waals surface area contributed by atoms with Gasteiger partial charge in [0.05, 0.1) is 18.9 Å². The Morgan fingerprint density at radius 2 is 1.91 bits per heavy atom. The van der Waals surface area contributed by atoms with Crippen LogP contribution in [0.25, 0.3) is 10.8 Å². The Morgan fingerprint density at radius 1 is 1.09 bits per heavy atom. The van der Waals surface area contributed by atoms with Crippen LogP contribution >= 0.6 is 0 Å². The second kappa shape index (κ2) is 4.79. The van der Waals surface area contributed by atoms with E-state index in [4.69, 9.17) is 9.47 Å². The van der Waals surface area contributed by atoms with Crippen LogP contribution in [0.2, 0.25) is 0 Å². The topological polar surface area (TPSA) is 51.1 Å². The van der Waals surface area contributed by atoms with Crippen molar-refractivity contribution < 1.29 is 14.7 Å². The van der Waals surface area contributed by atoms with Crippen molar-refractivity contribution in [1.29, 1.82) is 0 Å². The first-order chi connectivity index (χ1) is 11.3. The van der Waals surface area contributed by atoms with Gasteiger partial charge >= 0.3 is 0 Å². The summed E-state index contributed by atoms with van der Waals surface area (Å²) in [6, 6.07) is 12.7. The molecular weight excluding hydrogens is 290 g/mol. The van der Waals surface area contributed by atoms with Crippen molar-refractivity contribution in [2.45, 2.75) is 31.0 Å². The second-order valence-electron chi connectivity index (χ2n) is 6.76. The molecule has 0 radical (unpaired) electrons. The highest BCUT2D eigenvalue weighted by Gasteiger charge is 2.55. The van der Waals surface area contributed by atoms with E-state index in [2.05, 4.69) is 29.4 Å². The summed E-state index contributed by atoms with van der Waals surface area (Å²) in [5.74, 6) is 0.187. The summed E-state index contributed by atoms with van der Waals surface area (Å²) in [7, 11) is 0. The molecule has 2 aromatic carbocycles. The average molecular weight is 309 g/mol. The molecule has 2 aliphatic carbocycles. The number of rotatable bonds is 0. The molecule has 1 heterocycles. The van der Waals surface area contributed by atoms with Crippen molar-refractivity contribution in [1.82, 2.24) is 0 Å². The third-order valence-corrected chi connectivity index (χ3v) is 5.81. The average Bonchev–Trinajstić information content (AvgIpc) is 3.22. The van der Waals surface area contributed by atoms with Crippen LogP contribution < -0.4 is 0 Å². The summed E-state index contributed by atoms with van der Waals surface area (Å²) >= 11 is 0. The van der Waals surface area contributed by atoms with Gasteiger partial charge in [0.2, 0.25) is 0 Å². The van der Waals surface area contributed by atoms with Gasteiger partial charge in [-0.05, 0) is 28.7 Å². The lowest BCUT2D eigenvalue weighted by molar-refractivity contribution is -0.181. The molecule has 0 amide bonds. The van der Waals surface area contributed by atoms with Crippen LogP contribution in [-0.4, -0.2) is 29.9 Å². The molecule has 0 bridgehead atoms. The summed E-state index contributed by atoms with van der Waals surface area (Å²) in [5.41, 5.74) is 3.16. The molecule has 0 aromatic heterocycles. The SMILES string of the molecule is O/N=C1\CC2C(CCC23OCCO3)c2ccc3ccccc3c21. The Labute approximate surface area is 134 Å². The summed E-state index contributed by atoms with van der Waals surface area (Å²) in [5, 5.41) is 15.7. The van der Waals surface area contributed by atoms with Gasteiger partial charge in [-0.25, -0.2) is 0 Å². The van der Waals surface area contributed by atoms with Crippen molar-refractivity contribution in [2.24, 2.45) is 11.1 Å². The highest BCUT2D eigenvalue weighted by Crippen LogP contribution is 2.55. The van der Waals surface area contributed by atoms with Crippen LogP contribution in [0.4, 0.5) is 0 Å². The zero-order chi connectivity index (χ0) is 15.4. The smallest absolute Gasteiger partial charge is 0.172 e. The first-order valence-corrected chi connectivity index (χ1v) is 8.33. The number of oxime groups is 1. The number of benzene rings is 2. The van der Waals surface area contributed by atoms with Gasteiger partial charge in [0.1, 0.15) is 0 Å². The van der Waals surface area contributed by atoms with Gasteiger partial charge in [0.25, 0.3) is 0 Å². The molecule has 1 aliphatic heterocycles. The van der Waals surface area contributed by atoms with Crippen LogP contribution in [-0.2, 0) is 9.47 Å². The Kier molecular flexibility index (Phi) is 2.82. The van der Waals surface area contributed by atoms with Gasteiger partial charge in [-0.15, -0.1) is 0 Å². The fraction of sp³-hybridized carbons (Fsp3) is 0.421. The highest BCUT2D eigenvalue weighted by molar-refractivity contribution is 6.13. The highest BCUT2D eigenvalue weighted by atomic mass is 16.7. The maximum absolute atomic E-state index is 9.65. The molecule has 1 N–H and O–H groups in total. The number of ether oxygens (including phenoxy) is 2. The largest absolute Gasteiger partial charge is 0.411 e. The minimum atomic E-state index is -0.468. The Bertz CT molecular complexity index is 807. The predicted molar refractivity (Wildman–Crippen MR) is 87.0 cm³/mol. The first-order valence-electron chi connectivity index (χ1n) is 8.33. The van der Waals surface area contributed by atoms with Crippen LogP contribution in [0.5, 0.6) is 0 Å². The Morgan fingerprint density at radius 3 is 2.74 bits per heavy atom. The van der Waals surface area contributed by atoms with E-state index in [1.54, 1.807) is 0 Å². The van der Waals surface area contributed by atoms with Gasteiger partial charge in [-0.3, -0.25) is 0 Å². The number of hydrogen-bond acceptors (Lipinski definition) is 4. The predicted octanol–water partition coefficient (Wildman–Crippen LogP) is 3.66.